The summed E-state index contributed by atoms with van der Waals surface area (Å²) >= 11 is 0. The highest BCUT2D eigenvalue weighted by atomic mass is 35.5. The van der Waals surface area contributed by atoms with Gasteiger partial charge in [-0.05, 0) is 17.2 Å². The summed E-state index contributed by atoms with van der Waals surface area (Å²) in [7, 11) is 0. The van der Waals surface area contributed by atoms with Gasteiger partial charge in [-0.15, -0.1) is 12.4 Å². The number of hydrogen-bond acceptors (Lipinski definition) is 4. The van der Waals surface area contributed by atoms with E-state index >= 15 is 0 Å². The molecule has 6 nitrogen and oxygen atoms in total. The third-order valence-electron chi connectivity index (χ3n) is 4.50. The molecule has 7 heteroatoms. The van der Waals surface area contributed by atoms with Gasteiger partial charge in [-0.3, -0.25) is 14.6 Å². The van der Waals surface area contributed by atoms with Gasteiger partial charge < -0.3 is 15.5 Å². The Morgan fingerprint density at radius 3 is 2.74 bits per heavy atom. The Kier molecular flexibility index (Phi) is 8.23. The standard InChI is InChI=1S/C20H24N4O2.ClH/c25-19(13-16-5-2-1-3-6-16)23-10-8-20(26)24-12-11-22-15-18(24)17-7-4-9-21-14-17;/h1-7,9,14,18,22H,8,10-13,15H2,(H,23,25);1H. The maximum absolute atomic E-state index is 12.6. The number of nitrogens with one attached hydrogen (secondary N) is 2. The summed E-state index contributed by atoms with van der Waals surface area (Å²) in [4.78, 5) is 30.7. The molecule has 0 aliphatic carbocycles. The summed E-state index contributed by atoms with van der Waals surface area (Å²) in [5, 5.41) is 6.17. The number of carbonyl (C=O) groups excluding carboxylic acids is 2. The lowest BCUT2D eigenvalue weighted by Crippen LogP contribution is -2.49. The van der Waals surface area contributed by atoms with Crippen LogP contribution in [0.1, 0.15) is 23.6 Å². The van der Waals surface area contributed by atoms with Gasteiger partial charge in [-0.25, -0.2) is 0 Å². The summed E-state index contributed by atoms with van der Waals surface area (Å²) in [6.45, 7) is 2.52. The van der Waals surface area contributed by atoms with E-state index in [9.17, 15) is 9.59 Å². The minimum Gasteiger partial charge on any atom is -0.355 e. The highest BCUT2D eigenvalue weighted by molar-refractivity contribution is 5.85. The van der Waals surface area contributed by atoms with Crippen LogP contribution in [0.2, 0.25) is 0 Å². The number of halogens is 1. The first-order valence-electron chi connectivity index (χ1n) is 8.95. The van der Waals surface area contributed by atoms with E-state index in [0.717, 1.165) is 24.2 Å². The Morgan fingerprint density at radius 2 is 2.00 bits per heavy atom. The summed E-state index contributed by atoms with van der Waals surface area (Å²) in [5.74, 6) is -0.00603. The molecule has 0 saturated carbocycles. The SMILES string of the molecule is Cl.O=C(Cc1ccccc1)NCCC(=O)N1CCNCC1c1cccnc1. The van der Waals surface area contributed by atoms with Crippen molar-refractivity contribution >= 4 is 24.2 Å². The van der Waals surface area contributed by atoms with E-state index in [2.05, 4.69) is 15.6 Å². The van der Waals surface area contributed by atoms with E-state index in [-0.39, 0.29) is 30.3 Å². The molecule has 0 bridgehead atoms. The Bertz CT molecular complexity index is 727. The number of piperazine rings is 1. The van der Waals surface area contributed by atoms with Crippen molar-refractivity contribution in [3.8, 4) is 0 Å². The zero-order valence-corrected chi connectivity index (χ0v) is 16.0. The van der Waals surface area contributed by atoms with Gasteiger partial charge in [0, 0.05) is 45.0 Å². The second-order valence-corrected chi connectivity index (χ2v) is 6.36. The fraction of sp³-hybridized carbons (Fsp3) is 0.350. The van der Waals surface area contributed by atoms with Crippen LogP contribution in [-0.2, 0) is 16.0 Å². The number of pyridine rings is 1. The zero-order chi connectivity index (χ0) is 18.2. The molecule has 1 aliphatic rings. The van der Waals surface area contributed by atoms with Crippen LogP contribution in [0.3, 0.4) is 0 Å². The number of hydrogen-bond donors (Lipinski definition) is 2. The minimum absolute atomic E-state index is 0. The molecule has 1 aromatic carbocycles. The highest BCUT2D eigenvalue weighted by Gasteiger charge is 2.27. The Balaban J connectivity index is 0.00000261. The van der Waals surface area contributed by atoms with Gasteiger partial charge in [-0.2, -0.15) is 0 Å². The molecule has 1 fully saturated rings. The molecule has 1 aliphatic heterocycles. The fourth-order valence-corrected chi connectivity index (χ4v) is 3.17. The summed E-state index contributed by atoms with van der Waals surface area (Å²) in [5.41, 5.74) is 2.00. The number of benzene rings is 1. The van der Waals surface area contributed by atoms with Crippen molar-refractivity contribution in [2.75, 3.05) is 26.2 Å². The monoisotopic (exact) mass is 388 g/mol. The minimum atomic E-state index is -0.0619. The van der Waals surface area contributed by atoms with E-state index in [0.29, 0.717) is 25.9 Å². The van der Waals surface area contributed by atoms with E-state index < -0.39 is 0 Å². The fourth-order valence-electron chi connectivity index (χ4n) is 3.17. The van der Waals surface area contributed by atoms with E-state index in [4.69, 9.17) is 0 Å². The summed E-state index contributed by atoms with van der Waals surface area (Å²) < 4.78 is 0. The molecule has 2 amide bonds. The first-order chi connectivity index (χ1) is 12.7. The molecule has 144 valence electrons. The van der Waals surface area contributed by atoms with Gasteiger partial charge in [0.05, 0.1) is 12.5 Å². The van der Waals surface area contributed by atoms with Gasteiger partial charge in [0.15, 0.2) is 0 Å². The van der Waals surface area contributed by atoms with Crippen molar-refractivity contribution in [2.45, 2.75) is 18.9 Å². The van der Waals surface area contributed by atoms with Gasteiger partial charge in [-0.1, -0.05) is 36.4 Å². The molecule has 1 atom stereocenters. The third-order valence-corrected chi connectivity index (χ3v) is 4.50. The summed E-state index contributed by atoms with van der Waals surface area (Å²) in [6, 6.07) is 13.5. The molecule has 2 aromatic rings. The van der Waals surface area contributed by atoms with Crippen LogP contribution in [0, 0.1) is 0 Å². The van der Waals surface area contributed by atoms with Crippen molar-refractivity contribution in [3.63, 3.8) is 0 Å². The number of nitrogens with zero attached hydrogens (tertiary/aromatic N) is 2. The van der Waals surface area contributed by atoms with E-state index in [1.807, 2.05) is 47.4 Å². The molecular weight excluding hydrogens is 364 g/mol. The molecule has 2 heterocycles. The van der Waals surface area contributed by atoms with Crippen LogP contribution < -0.4 is 10.6 Å². The number of carbonyl (C=O) groups is 2. The molecule has 27 heavy (non-hydrogen) atoms. The normalized spacial score (nSPS) is 16.3. The third kappa shape index (κ3) is 6.05. The van der Waals surface area contributed by atoms with Gasteiger partial charge >= 0.3 is 0 Å². The first kappa shape index (κ1) is 20.9. The summed E-state index contributed by atoms with van der Waals surface area (Å²) in [6.07, 6.45) is 4.17. The van der Waals surface area contributed by atoms with Crippen LogP contribution in [0.5, 0.6) is 0 Å². The molecule has 1 unspecified atom stereocenters. The predicted octanol–water partition coefficient (Wildman–Crippen LogP) is 1.73. The van der Waals surface area contributed by atoms with Crippen LogP contribution >= 0.6 is 12.4 Å². The smallest absolute Gasteiger partial charge is 0.224 e. The topological polar surface area (TPSA) is 74.3 Å². The molecule has 1 aromatic heterocycles. The van der Waals surface area contributed by atoms with Crippen molar-refractivity contribution < 1.29 is 9.59 Å². The highest BCUT2D eigenvalue weighted by Crippen LogP contribution is 2.21. The maximum atomic E-state index is 12.6. The molecule has 2 N–H and O–H groups in total. The Labute approximate surface area is 165 Å². The van der Waals surface area contributed by atoms with Crippen molar-refractivity contribution in [3.05, 3.63) is 66.0 Å². The molecule has 3 rings (SSSR count). The quantitative estimate of drug-likeness (QED) is 0.790. The first-order valence-corrected chi connectivity index (χ1v) is 8.95. The van der Waals surface area contributed by atoms with Gasteiger partial charge in [0.25, 0.3) is 0 Å². The Morgan fingerprint density at radius 1 is 1.19 bits per heavy atom. The predicted molar refractivity (Wildman–Crippen MR) is 107 cm³/mol. The number of rotatable bonds is 6. The number of aromatic nitrogens is 1. The van der Waals surface area contributed by atoms with Crippen LogP contribution in [0.4, 0.5) is 0 Å². The molecular formula is C20H25ClN4O2. The Hall–Kier alpha value is -2.44. The van der Waals surface area contributed by atoms with Crippen LogP contribution in [-0.4, -0.2) is 47.9 Å². The van der Waals surface area contributed by atoms with Crippen LogP contribution in [0.25, 0.3) is 0 Å². The van der Waals surface area contributed by atoms with Crippen LogP contribution in [0.15, 0.2) is 54.9 Å². The molecule has 0 spiro atoms. The van der Waals surface area contributed by atoms with Crippen molar-refractivity contribution in [1.82, 2.24) is 20.5 Å². The van der Waals surface area contributed by atoms with Crippen molar-refractivity contribution in [2.24, 2.45) is 0 Å². The van der Waals surface area contributed by atoms with Gasteiger partial charge in [0.2, 0.25) is 11.8 Å². The van der Waals surface area contributed by atoms with E-state index in [1.165, 1.54) is 0 Å². The lowest BCUT2D eigenvalue weighted by Gasteiger charge is -2.36. The van der Waals surface area contributed by atoms with E-state index in [1.54, 1.807) is 12.4 Å². The lowest BCUT2D eigenvalue weighted by atomic mass is 10.0. The average Bonchev–Trinajstić information content (AvgIpc) is 2.69. The zero-order valence-electron chi connectivity index (χ0n) is 15.1. The van der Waals surface area contributed by atoms with Crippen molar-refractivity contribution in [1.29, 1.82) is 0 Å². The second kappa shape index (κ2) is 10.6. The molecule has 0 radical (unpaired) electrons. The molecule has 1 saturated heterocycles. The lowest BCUT2D eigenvalue weighted by molar-refractivity contribution is -0.134. The largest absolute Gasteiger partial charge is 0.355 e. The van der Waals surface area contributed by atoms with Gasteiger partial charge in [0.1, 0.15) is 0 Å². The second-order valence-electron chi connectivity index (χ2n) is 6.36. The number of amides is 2. The maximum Gasteiger partial charge on any atom is 0.224 e. The average molecular weight is 389 g/mol.